The number of nitrogens with one attached hydrogen (secondary N) is 1. The second-order valence-corrected chi connectivity index (χ2v) is 6.72. The zero-order valence-electron chi connectivity index (χ0n) is 12.7. The standard InChI is InChI=1S/C14H26N2O2S/c1-11(2)15-8-13-16-12(10-19-13)9-17-6-7-18-14(3,4)5/h10-11,15H,6-9H2,1-5H3. The number of thiazole rings is 1. The smallest absolute Gasteiger partial charge is 0.107 e. The van der Waals surface area contributed by atoms with Gasteiger partial charge in [-0.25, -0.2) is 4.98 Å². The SMILES string of the molecule is CC(C)NCc1nc(COCCOC(C)(C)C)cs1. The molecule has 1 aromatic heterocycles. The van der Waals surface area contributed by atoms with Gasteiger partial charge >= 0.3 is 0 Å². The third-order valence-electron chi connectivity index (χ3n) is 2.27. The van der Waals surface area contributed by atoms with Crippen molar-refractivity contribution in [1.82, 2.24) is 10.3 Å². The van der Waals surface area contributed by atoms with Crippen LogP contribution in [-0.4, -0.2) is 29.8 Å². The lowest BCUT2D eigenvalue weighted by molar-refractivity contribution is -0.0380. The van der Waals surface area contributed by atoms with E-state index in [1.54, 1.807) is 11.3 Å². The van der Waals surface area contributed by atoms with Crippen molar-refractivity contribution in [3.63, 3.8) is 0 Å². The van der Waals surface area contributed by atoms with Crippen LogP contribution >= 0.6 is 11.3 Å². The molecule has 0 spiro atoms. The van der Waals surface area contributed by atoms with Crippen LogP contribution in [0.25, 0.3) is 0 Å². The maximum absolute atomic E-state index is 5.58. The van der Waals surface area contributed by atoms with Crippen LogP contribution in [0.4, 0.5) is 0 Å². The maximum atomic E-state index is 5.58. The van der Waals surface area contributed by atoms with Crippen LogP contribution in [0.2, 0.25) is 0 Å². The van der Waals surface area contributed by atoms with Crippen molar-refractivity contribution in [2.75, 3.05) is 13.2 Å². The second kappa shape index (κ2) is 7.94. The average molecular weight is 286 g/mol. The van der Waals surface area contributed by atoms with Crippen molar-refractivity contribution in [2.45, 2.75) is 59.4 Å². The molecule has 1 aromatic rings. The molecule has 19 heavy (non-hydrogen) atoms. The predicted molar refractivity (Wildman–Crippen MR) is 79.5 cm³/mol. The summed E-state index contributed by atoms with van der Waals surface area (Å²) in [6.45, 7) is 13.0. The summed E-state index contributed by atoms with van der Waals surface area (Å²) in [5.41, 5.74) is 0.904. The Hall–Kier alpha value is -0.490. The summed E-state index contributed by atoms with van der Waals surface area (Å²) >= 11 is 1.67. The molecule has 0 unspecified atom stereocenters. The molecule has 1 N–H and O–H groups in total. The van der Waals surface area contributed by atoms with Crippen molar-refractivity contribution in [3.05, 3.63) is 16.1 Å². The Morgan fingerprint density at radius 2 is 2.05 bits per heavy atom. The average Bonchev–Trinajstić information content (AvgIpc) is 2.72. The van der Waals surface area contributed by atoms with E-state index in [4.69, 9.17) is 9.47 Å². The fourth-order valence-corrected chi connectivity index (χ4v) is 2.10. The molecule has 0 fully saturated rings. The molecule has 0 aliphatic carbocycles. The van der Waals surface area contributed by atoms with Crippen molar-refractivity contribution < 1.29 is 9.47 Å². The first-order valence-electron chi connectivity index (χ1n) is 6.75. The Balaban J connectivity index is 2.16. The van der Waals surface area contributed by atoms with Gasteiger partial charge in [-0.05, 0) is 20.8 Å². The van der Waals surface area contributed by atoms with Crippen LogP contribution in [0.1, 0.15) is 45.3 Å². The number of rotatable bonds is 8. The predicted octanol–water partition coefficient (Wildman–Crippen LogP) is 2.97. The summed E-state index contributed by atoms with van der Waals surface area (Å²) in [6.07, 6.45) is 0. The van der Waals surface area contributed by atoms with Crippen LogP contribution in [0.5, 0.6) is 0 Å². The molecule has 0 aliphatic rings. The molecule has 5 heteroatoms. The van der Waals surface area contributed by atoms with Gasteiger partial charge in [-0.1, -0.05) is 13.8 Å². The lowest BCUT2D eigenvalue weighted by Gasteiger charge is -2.19. The highest BCUT2D eigenvalue weighted by atomic mass is 32.1. The zero-order valence-corrected chi connectivity index (χ0v) is 13.5. The third kappa shape index (κ3) is 8.31. The van der Waals surface area contributed by atoms with Gasteiger partial charge in [0.15, 0.2) is 0 Å². The van der Waals surface area contributed by atoms with Gasteiger partial charge in [0, 0.05) is 18.0 Å². The minimum absolute atomic E-state index is 0.0975. The zero-order chi connectivity index (χ0) is 14.3. The van der Waals surface area contributed by atoms with E-state index < -0.39 is 0 Å². The summed E-state index contributed by atoms with van der Waals surface area (Å²) in [4.78, 5) is 4.52. The van der Waals surface area contributed by atoms with Gasteiger partial charge in [0.2, 0.25) is 0 Å². The quantitative estimate of drug-likeness (QED) is 0.746. The summed E-state index contributed by atoms with van der Waals surface area (Å²) in [7, 11) is 0. The van der Waals surface area contributed by atoms with Crippen LogP contribution in [0.15, 0.2) is 5.38 Å². The van der Waals surface area contributed by atoms with Gasteiger partial charge in [-0.2, -0.15) is 0 Å². The number of aromatic nitrogens is 1. The first kappa shape index (κ1) is 16.6. The molecule has 110 valence electrons. The van der Waals surface area contributed by atoms with Crippen LogP contribution in [-0.2, 0) is 22.6 Å². The molecule has 0 saturated heterocycles. The molecular weight excluding hydrogens is 260 g/mol. The minimum atomic E-state index is -0.0975. The summed E-state index contributed by atoms with van der Waals surface area (Å²) in [5.74, 6) is 0. The Morgan fingerprint density at radius 1 is 1.32 bits per heavy atom. The molecule has 0 aromatic carbocycles. The number of hydrogen-bond donors (Lipinski definition) is 1. The Labute approximate surface area is 120 Å². The number of hydrogen-bond acceptors (Lipinski definition) is 5. The Morgan fingerprint density at radius 3 is 2.68 bits per heavy atom. The molecule has 0 atom stereocenters. The third-order valence-corrected chi connectivity index (χ3v) is 3.17. The van der Waals surface area contributed by atoms with Gasteiger partial charge in [0.05, 0.1) is 31.1 Å². The molecule has 1 rings (SSSR count). The van der Waals surface area contributed by atoms with E-state index in [0.29, 0.717) is 25.9 Å². The van der Waals surface area contributed by atoms with E-state index in [2.05, 4.69) is 29.5 Å². The first-order chi connectivity index (χ1) is 8.87. The highest BCUT2D eigenvalue weighted by Crippen LogP contribution is 2.11. The summed E-state index contributed by atoms with van der Waals surface area (Å²) in [6, 6.07) is 0.484. The molecule has 0 aliphatic heterocycles. The largest absolute Gasteiger partial charge is 0.373 e. The lowest BCUT2D eigenvalue weighted by atomic mass is 10.2. The fraction of sp³-hybridized carbons (Fsp3) is 0.786. The van der Waals surface area contributed by atoms with Crippen molar-refractivity contribution in [2.24, 2.45) is 0 Å². The van der Waals surface area contributed by atoms with Crippen molar-refractivity contribution in [1.29, 1.82) is 0 Å². The Bertz CT molecular complexity index is 359. The van der Waals surface area contributed by atoms with Gasteiger partial charge < -0.3 is 14.8 Å². The van der Waals surface area contributed by atoms with Gasteiger partial charge in [-0.15, -0.1) is 11.3 Å². The Kier molecular flexibility index (Phi) is 6.93. The monoisotopic (exact) mass is 286 g/mol. The van der Waals surface area contributed by atoms with E-state index >= 15 is 0 Å². The van der Waals surface area contributed by atoms with Crippen LogP contribution in [0, 0.1) is 0 Å². The van der Waals surface area contributed by atoms with Crippen LogP contribution < -0.4 is 5.32 Å². The summed E-state index contributed by atoms with van der Waals surface area (Å²) < 4.78 is 11.1. The lowest BCUT2D eigenvalue weighted by Crippen LogP contribution is -2.22. The normalized spacial score (nSPS) is 12.3. The van der Waals surface area contributed by atoms with Crippen LogP contribution in [0.3, 0.4) is 0 Å². The van der Waals surface area contributed by atoms with E-state index in [1.807, 2.05) is 20.8 Å². The second-order valence-electron chi connectivity index (χ2n) is 5.78. The molecular formula is C14H26N2O2S. The number of nitrogens with zero attached hydrogens (tertiary/aromatic N) is 1. The van der Waals surface area contributed by atoms with Crippen molar-refractivity contribution in [3.8, 4) is 0 Å². The van der Waals surface area contributed by atoms with E-state index in [1.165, 1.54) is 0 Å². The topological polar surface area (TPSA) is 43.4 Å². The molecule has 0 amide bonds. The molecule has 0 radical (unpaired) electrons. The first-order valence-corrected chi connectivity index (χ1v) is 7.63. The minimum Gasteiger partial charge on any atom is -0.373 e. The van der Waals surface area contributed by atoms with E-state index in [0.717, 1.165) is 17.2 Å². The number of ether oxygens (including phenoxy) is 2. The highest BCUT2D eigenvalue weighted by Gasteiger charge is 2.09. The summed E-state index contributed by atoms with van der Waals surface area (Å²) in [5, 5.41) is 6.52. The fourth-order valence-electron chi connectivity index (χ4n) is 1.37. The maximum Gasteiger partial charge on any atom is 0.107 e. The van der Waals surface area contributed by atoms with E-state index in [9.17, 15) is 0 Å². The molecule has 0 saturated carbocycles. The molecule has 1 heterocycles. The van der Waals surface area contributed by atoms with Gasteiger partial charge in [0.1, 0.15) is 5.01 Å². The molecule has 0 bridgehead atoms. The van der Waals surface area contributed by atoms with E-state index in [-0.39, 0.29) is 5.60 Å². The van der Waals surface area contributed by atoms with Gasteiger partial charge in [-0.3, -0.25) is 0 Å². The van der Waals surface area contributed by atoms with Crippen molar-refractivity contribution >= 4 is 11.3 Å². The molecule has 4 nitrogen and oxygen atoms in total. The van der Waals surface area contributed by atoms with Gasteiger partial charge in [0.25, 0.3) is 0 Å². The highest BCUT2D eigenvalue weighted by molar-refractivity contribution is 7.09.